The van der Waals surface area contributed by atoms with Crippen LogP contribution in [0, 0.1) is 6.92 Å². The van der Waals surface area contributed by atoms with E-state index in [2.05, 4.69) is 0 Å². The van der Waals surface area contributed by atoms with E-state index in [1.807, 2.05) is 19.9 Å². The van der Waals surface area contributed by atoms with Crippen molar-refractivity contribution in [2.45, 2.75) is 31.8 Å². The molecule has 3 rings (SSSR count). The smallest absolute Gasteiger partial charge is 0.254 e. The van der Waals surface area contributed by atoms with Gasteiger partial charge in [0, 0.05) is 25.7 Å². The molecular weight excluding hydrogens is 400 g/mol. The molecule has 2 aromatic carbocycles. The van der Waals surface area contributed by atoms with Crippen molar-refractivity contribution in [3.8, 4) is 0 Å². The predicted molar refractivity (Wildman–Crippen MR) is 115 cm³/mol. The zero-order valence-corrected chi connectivity index (χ0v) is 18.2. The van der Waals surface area contributed by atoms with Gasteiger partial charge in [-0.15, -0.1) is 0 Å². The molecule has 7 heteroatoms. The van der Waals surface area contributed by atoms with E-state index in [0.717, 1.165) is 11.1 Å². The fourth-order valence-corrected chi connectivity index (χ4v) is 4.55. The van der Waals surface area contributed by atoms with E-state index >= 15 is 0 Å². The number of furan rings is 1. The van der Waals surface area contributed by atoms with Gasteiger partial charge in [-0.05, 0) is 48.9 Å². The third kappa shape index (κ3) is 4.98. The van der Waals surface area contributed by atoms with E-state index in [1.54, 1.807) is 72.8 Å². The van der Waals surface area contributed by atoms with Crippen molar-refractivity contribution < 1.29 is 17.6 Å². The Hall–Kier alpha value is -2.90. The van der Waals surface area contributed by atoms with Crippen LogP contribution >= 0.6 is 0 Å². The van der Waals surface area contributed by atoms with Gasteiger partial charge in [0.1, 0.15) is 5.76 Å². The average Bonchev–Trinajstić information content (AvgIpc) is 3.25. The van der Waals surface area contributed by atoms with Gasteiger partial charge < -0.3 is 9.32 Å². The molecule has 0 saturated carbocycles. The second kappa shape index (κ2) is 9.28. The van der Waals surface area contributed by atoms with Crippen LogP contribution in [0.4, 0.5) is 0 Å². The molecule has 0 radical (unpaired) electrons. The lowest BCUT2D eigenvalue weighted by Gasteiger charge is -2.21. The van der Waals surface area contributed by atoms with Crippen LogP contribution in [-0.2, 0) is 23.1 Å². The summed E-state index contributed by atoms with van der Waals surface area (Å²) in [5.74, 6) is 0.583. The molecular formula is C23H26N2O4S. The number of benzene rings is 2. The van der Waals surface area contributed by atoms with Crippen LogP contribution in [0.5, 0.6) is 0 Å². The highest BCUT2D eigenvalue weighted by atomic mass is 32.2. The number of nitrogens with zero attached hydrogens (tertiary/aromatic N) is 2. The van der Waals surface area contributed by atoms with Crippen molar-refractivity contribution in [3.05, 3.63) is 89.4 Å². The number of rotatable bonds is 8. The quantitative estimate of drug-likeness (QED) is 0.544. The zero-order valence-electron chi connectivity index (χ0n) is 17.4. The molecule has 1 heterocycles. The van der Waals surface area contributed by atoms with E-state index in [0.29, 0.717) is 24.4 Å². The summed E-state index contributed by atoms with van der Waals surface area (Å²) in [5.41, 5.74) is 2.37. The fourth-order valence-electron chi connectivity index (χ4n) is 3.11. The van der Waals surface area contributed by atoms with Gasteiger partial charge in [-0.1, -0.05) is 36.8 Å². The monoisotopic (exact) mass is 426 g/mol. The molecule has 0 bridgehead atoms. The molecule has 0 spiro atoms. The Bertz CT molecular complexity index is 1070. The molecule has 1 aromatic heterocycles. The van der Waals surface area contributed by atoms with Gasteiger partial charge in [0.25, 0.3) is 5.91 Å². The highest BCUT2D eigenvalue weighted by molar-refractivity contribution is 7.89. The van der Waals surface area contributed by atoms with Gasteiger partial charge in [-0.2, -0.15) is 4.31 Å². The molecule has 30 heavy (non-hydrogen) atoms. The number of carbonyl (C=O) groups is 1. The van der Waals surface area contributed by atoms with E-state index < -0.39 is 10.0 Å². The Morgan fingerprint density at radius 3 is 2.20 bits per heavy atom. The normalized spacial score (nSPS) is 11.6. The van der Waals surface area contributed by atoms with Gasteiger partial charge >= 0.3 is 0 Å². The van der Waals surface area contributed by atoms with Gasteiger partial charge in [0.2, 0.25) is 10.0 Å². The van der Waals surface area contributed by atoms with E-state index in [9.17, 15) is 13.2 Å². The summed E-state index contributed by atoms with van der Waals surface area (Å²) in [6.07, 6.45) is 1.58. The topological polar surface area (TPSA) is 70.8 Å². The number of amides is 1. The number of hydrogen-bond acceptors (Lipinski definition) is 4. The molecule has 0 saturated heterocycles. The first kappa shape index (κ1) is 21.8. The molecule has 6 nitrogen and oxygen atoms in total. The fraction of sp³-hybridized carbons (Fsp3) is 0.261. The van der Waals surface area contributed by atoms with Gasteiger partial charge in [-0.25, -0.2) is 8.42 Å². The lowest BCUT2D eigenvalue weighted by molar-refractivity contribution is 0.0775. The molecule has 0 unspecified atom stereocenters. The zero-order chi connectivity index (χ0) is 21.7. The Kier molecular flexibility index (Phi) is 6.74. The van der Waals surface area contributed by atoms with Crippen molar-refractivity contribution in [2.24, 2.45) is 0 Å². The Labute approximate surface area is 177 Å². The van der Waals surface area contributed by atoms with E-state index in [1.165, 1.54) is 4.31 Å². The molecule has 3 aromatic rings. The van der Waals surface area contributed by atoms with Crippen molar-refractivity contribution >= 4 is 15.9 Å². The van der Waals surface area contributed by atoms with Gasteiger partial charge in [0.15, 0.2) is 0 Å². The van der Waals surface area contributed by atoms with Crippen LogP contribution in [0.15, 0.2) is 76.2 Å². The number of sulfonamides is 1. The molecule has 158 valence electrons. The summed E-state index contributed by atoms with van der Waals surface area (Å²) in [7, 11) is -1.87. The Morgan fingerprint density at radius 1 is 0.967 bits per heavy atom. The Morgan fingerprint density at radius 2 is 1.63 bits per heavy atom. The van der Waals surface area contributed by atoms with Crippen LogP contribution in [0.25, 0.3) is 0 Å². The molecule has 0 N–H and O–H groups in total. The summed E-state index contributed by atoms with van der Waals surface area (Å²) < 4.78 is 32.6. The maximum atomic E-state index is 13.0. The summed E-state index contributed by atoms with van der Waals surface area (Å²) in [4.78, 5) is 14.5. The number of hydrogen-bond donors (Lipinski definition) is 0. The van der Waals surface area contributed by atoms with Crippen LogP contribution in [-0.4, -0.2) is 37.1 Å². The van der Waals surface area contributed by atoms with E-state index in [4.69, 9.17) is 4.42 Å². The second-order valence-corrected chi connectivity index (χ2v) is 9.12. The van der Waals surface area contributed by atoms with Crippen LogP contribution < -0.4 is 0 Å². The molecule has 0 aliphatic rings. The SMILES string of the molecule is CCN(Cc1ccc(C(=O)N(C)Cc2ccco2)cc1)S(=O)(=O)c1ccc(C)cc1. The summed E-state index contributed by atoms with van der Waals surface area (Å²) in [6.45, 7) is 4.70. The molecule has 0 atom stereocenters. The lowest BCUT2D eigenvalue weighted by Crippen LogP contribution is -2.30. The molecule has 1 amide bonds. The Balaban J connectivity index is 1.70. The third-order valence-electron chi connectivity index (χ3n) is 4.89. The first-order valence-corrected chi connectivity index (χ1v) is 11.2. The second-order valence-electron chi connectivity index (χ2n) is 7.18. The third-order valence-corrected chi connectivity index (χ3v) is 6.83. The lowest BCUT2D eigenvalue weighted by atomic mass is 10.1. The first-order valence-electron chi connectivity index (χ1n) is 9.75. The van der Waals surface area contributed by atoms with Crippen molar-refractivity contribution in [2.75, 3.05) is 13.6 Å². The highest BCUT2D eigenvalue weighted by Crippen LogP contribution is 2.19. The van der Waals surface area contributed by atoms with E-state index in [-0.39, 0.29) is 17.3 Å². The standard InChI is InChI=1S/C23H26N2O4S/c1-4-25(30(27,28)22-13-7-18(2)8-14-22)16-19-9-11-20(12-10-19)23(26)24(3)17-21-6-5-15-29-21/h5-15H,4,16-17H2,1-3H3. The van der Waals surface area contributed by atoms with Crippen molar-refractivity contribution in [1.82, 2.24) is 9.21 Å². The van der Waals surface area contributed by atoms with Gasteiger partial charge in [0.05, 0.1) is 17.7 Å². The largest absolute Gasteiger partial charge is 0.467 e. The van der Waals surface area contributed by atoms with Crippen molar-refractivity contribution in [1.29, 1.82) is 0 Å². The summed E-state index contributed by atoms with van der Waals surface area (Å²) >= 11 is 0. The summed E-state index contributed by atoms with van der Waals surface area (Å²) in [6, 6.07) is 17.5. The maximum absolute atomic E-state index is 13.0. The minimum absolute atomic E-state index is 0.127. The highest BCUT2D eigenvalue weighted by Gasteiger charge is 2.23. The molecule has 0 fully saturated rings. The van der Waals surface area contributed by atoms with Crippen molar-refractivity contribution in [3.63, 3.8) is 0 Å². The first-order chi connectivity index (χ1) is 14.3. The summed E-state index contributed by atoms with van der Waals surface area (Å²) in [5, 5.41) is 0. The minimum atomic E-state index is -3.59. The van der Waals surface area contributed by atoms with Crippen LogP contribution in [0.2, 0.25) is 0 Å². The predicted octanol–water partition coefficient (Wildman–Crippen LogP) is 4.07. The molecule has 0 aliphatic carbocycles. The minimum Gasteiger partial charge on any atom is -0.467 e. The van der Waals surface area contributed by atoms with Crippen LogP contribution in [0.1, 0.15) is 34.2 Å². The molecule has 0 aliphatic heterocycles. The number of aryl methyl sites for hydroxylation is 1. The average molecular weight is 427 g/mol. The van der Waals surface area contributed by atoms with Gasteiger partial charge in [-0.3, -0.25) is 4.79 Å². The maximum Gasteiger partial charge on any atom is 0.254 e. The van der Waals surface area contributed by atoms with Crippen LogP contribution in [0.3, 0.4) is 0 Å². The number of carbonyl (C=O) groups excluding carboxylic acids is 1.